The van der Waals surface area contributed by atoms with Crippen molar-refractivity contribution in [3.05, 3.63) is 59.7 Å². The van der Waals surface area contributed by atoms with E-state index in [4.69, 9.17) is 14.6 Å². The van der Waals surface area contributed by atoms with Crippen LogP contribution in [0.2, 0.25) is 0 Å². The van der Waals surface area contributed by atoms with Gasteiger partial charge >= 0.3 is 0 Å². The van der Waals surface area contributed by atoms with E-state index in [1.165, 1.54) is 9.91 Å². The number of likely N-dealkylation sites (N-methyl/N-ethyl adjacent to an activating group) is 1. The highest BCUT2D eigenvalue weighted by Crippen LogP contribution is 2.37. The number of nitrogens with zero attached hydrogens (tertiary/aromatic N) is 3. The first kappa shape index (κ1) is 24.3. The van der Waals surface area contributed by atoms with Gasteiger partial charge in [0.2, 0.25) is 5.91 Å². The van der Waals surface area contributed by atoms with Crippen LogP contribution in [-0.2, 0) is 9.59 Å². The number of benzene rings is 2. The Bertz CT molecular complexity index is 1020. The molecule has 0 saturated heterocycles. The summed E-state index contributed by atoms with van der Waals surface area (Å²) < 4.78 is 10.8. The summed E-state index contributed by atoms with van der Waals surface area (Å²) in [4.78, 5) is 27.4. The maximum atomic E-state index is 13.4. The van der Waals surface area contributed by atoms with Gasteiger partial charge in [0.1, 0.15) is 18.0 Å². The van der Waals surface area contributed by atoms with Gasteiger partial charge in [-0.15, -0.1) is 0 Å². The molecule has 0 bridgehead atoms. The van der Waals surface area contributed by atoms with E-state index in [9.17, 15) is 9.59 Å². The predicted octanol–water partition coefficient (Wildman–Crippen LogP) is 4.28. The van der Waals surface area contributed by atoms with Gasteiger partial charge in [0.15, 0.2) is 0 Å². The third-order valence-corrected chi connectivity index (χ3v) is 5.57. The molecule has 1 aliphatic heterocycles. The highest BCUT2D eigenvalue weighted by atomic mass is 16.5. The fourth-order valence-corrected chi connectivity index (χ4v) is 3.83. The van der Waals surface area contributed by atoms with Crippen LogP contribution < -0.4 is 9.47 Å². The zero-order valence-corrected chi connectivity index (χ0v) is 20.3. The van der Waals surface area contributed by atoms with Crippen molar-refractivity contribution in [1.82, 2.24) is 9.91 Å². The molecule has 0 unspecified atom stereocenters. The van der Waals surface area contributed by atoms with Gasteiger partial charge in [0, 0.05) is 25.5 Å². The second-order valence-electron chi connectivity index (χ2n) is 9.46. The highest BCUT2D eigenvalue weighted by Gasteiger charge is 2.35. The maximum absolute atomic E-state index is 13.4. The van der Waals surface area contributed by atoms with Crippen molar-refractivity contribution in [3.8, 4) is 11.5 Å². The van der Waals surface area contributed by atoms with Crippen LogP contribution in [0.1, 0.15) is 50.8 Å². The molecule has 0 spiro atoms. The molecule has 2 aromatic rings. The Hall–Kier alpha value is -3.35. The molecular formula is C26H33N3O4. The Labute approximate surface area is 196 Å². The van der Waals surface area contributed by atoms with Crippen LogP contribution in [0.25, 0.3) is 0 Å². The molecule has 0 radical (unpaired) electrons. The smallest absolute Gasteiger partial charge is 0.262 e. The molecule has 1 atom stereocenters. The molecule has 0 aliphatic carbocycles. The van der Waals surface area contributed by atoms with Crippen molar-refractivity contribution >= 4 is 17.5 Å². The van der Waals surface area contributed by atoms with Crippen LogP contribution in [0, 0.1) is 5.41 Å². The molecule has 1 aliphatic rings. The second-order valence-corrected chi connectivity index (χ2v) is 9.46. The van der Waals surface area contributed by atoms with E-state index in [1.807, 2.05) is 69.3 Å². The lowest BCUT2D eigenvalue weighted by Crippen LogP contribution is -2.40. The minimum absolute atomic E-state index is 0.0417. The third kappa shape index (κ3) is 5.92. The molecule has 2 amide bonds. The molecule has 33 heavy (non-hydrogen) atoms. The van der Waals surface area contributed by atoms with E-state index in [0.29, 0.717) is 18.6 Å². The summed E-state index contributed by atoms with van der Waals surface area (Å²) in [5.74, 6) is 1.15. The zero-order valence-electron chi connectivity index (χ0n) is 20.3. The molecule has 0 saturated carbocycles. The Morgan fingerprint density at radius 3 is 2.33 bits per heavy atom. The SMILES string of the molecule is COc1ccc(C2=NN(C(=O)CN(C)C(=O)CC(C)(C)C)[C@@H](c3ccccc3OC)C2)cc1. The van der Waals surface area contributed by atoms with Crippen molar-refractivity contribution in [2.45, 2.75) is 39.7 Å². The topological polar surface area (TPSA) is 71.4 Å². The van der Waals surface area contributed by atoms with Crippen molar-refractivity contribution in [1.29, 1.82) is 0 Å². The number of hydrogen-bond acceptors (Lipinski definition) is 5. The van der Waals surface area contributed by atoms with Crippen LogP contribution in [0.4, 0.5) is 0 Å². The van der Waals surface area contributed by atoms with E-state index in [-0.39, 0.29) is 29.8 Å². The van der Waals surface area contributed by atoms with E-state index in [2.05, 4.69) is 0 Å². The molecule has 2 aromatic carbocycles. The fraction of sp³-hybridized carbons (Fsp3) is 0.423. The summed E-state index contributed by atoms with van der Waals surface area (Å²) in [7, 11) is 4.90. The Morgan fingerprint density at radius 1 is 1.06 bits per heavy atom. The standard InChI is InChI=1S/C26H33N3O4/c1-26(2,3)16-24(30)28(4)17-25(31)29-22(20-9-7-8-10-23(20)33-6)15-21(27-29)18-11-13-19(32-5)14-12-18/h7-14,22H,15-17H2,1-6H3/t22-/m1/s1. The summed E-state index contributed by atoms with van der Waals surface area (Å²) in [6.07, 6.45) is 0.908. The summed E-state index contributed by atoms with van der Waals surface area (Å²) in [5, 5.41) is 6.20. The number of hydrazone groups is 1. The molecule has 0 aromatic heterocycles. The number of rotatable bonds is 7. The number of methoxy groups -OCH3 is 2. The lowest BCUT2D eigenvalue weighted by molar-refractivity contribution is -0.141. The molecule has 176 valence electrons. The largest absolute Gasteiger partial charge is 0.497 e. The summed E-state index contributed by atoms with van der Waals surface area (Å²) >= 11 is 0. The van der Waals surface area contributed by atoms with Gasteiger partial charge in [-0.05, 0) is 41.3 Å². The first-order valence-electron chi connectivity index (χ1n) is 11.0. The monoisotopic (exact) mass is 451 g/mol. The molecule has 7 heteroatoms. The highest BCUT2D eigenvalue weighted by molar-refractivity contribution is 6.03. The van der Waals surface area contributed by atoms with Gasteiger partial charge < -0.3 is 14.4 Å². The molecule has 1 heterocycles. The second kappa shape index (κ2) is 10.1. The van der Waals surface area contributed by atoms with Crippen LogP contribution >= 0.6 is 0 Å². The molecule has 3 rings (SSSR count). The van der Waals surface area contributed by atoms with Gasteiger partial charge in [-0.25, -0.2) is 5.01 Å². The van der Waals surface area contributed by atoms with Gasteiger partial charge in [-0.3, -0.25) is 9.59 Å². The van der Waals surface area contributed by atoms with Gasteiger partial charge in [0.25, 0.3) is 5.91 Å². The van der Waals surface area contributed by atoms with Crippen LogP contribution in [0.5, 0.6) is 11.5 Å². The van der Waals surface area contributed by atoms with Crippen molar-refractivity contribution in [3.63, 3.8) is 0 Å². The quantitative estimate of drug-likeness (QED) is 0.630. The summed E-state index contributed by atoms with van der Waals surface area (Å²) in [5.41, 5.74) is 2.44. The average Bonchev–Trinajstić information content (AvgIpc) is 3.23. The number of ether oxygens (including phenoxy) is 2. The van der Waals surface area contributed by atoms with Crippen LogP contribution in [0.3, 0.4) is 0 Å². The van der Waals surface area contributed by atoms with E-state index >= 15 is 0 Å². The van der Waals surface area contributed by atoms with Crippen molar-refractivity contribution in [2.24, 2.45) is 10.5 Å². The number of carbonyl (C=O) groups excluding carboxylic acids is 2. The van der Waals surface area contributed by atoms with E-state index in [0.717, 1.165) is 22.6 Å². The molecule has 7 nitrogen and oxygen atoms in total. The maximum Gasteiger partial charge on any atom is 0.262 e. The van der Waals surface area contributed by atoms with Gasteiger partial charge in [-0.1, -0.05) is 39.0 Å². The Kier molecular flexibility index (Phi) is 7.41. The third-order valence-electron chi connectivity index (χ3n) is 5.57. The first-order chi connectivity index (χ1) is 15.6. The van der Waals surface area contributed by atoms with Gasteiger partial charge in [0.05, 0.1) is 26.0 Å². The lowest BCUT2D eigenvalue weighted by Gasteiger charge is -2.27. The lowest BCUT2D eigenvalue weighted by atomic mass is 9.92. The minimum Gasteiger partial charge on any atom is -0.497 e. The van der Waals surface area contributed by atoms with Crippen LogP contribution in [-0.4, -0.2) is 55.2 Å². The number of amides is 2. The first-order valence-corrected chi connectivity index (χ1v) is 11.0. The predicted molar refractivity (Wildman–Crippen MR) is 128 cm³/mol. The zero-order chi connectivity index (χ0) is 24.2. The van der Waals surface area contributed by atoms with Crippen molar-refractivity contribution in [2.75, 3.05) is 27.8 Å². The van der Waals surface area contributed by atoms with Gasteiger partial charge in [-0.2, -0.15) is 5.10 Å². The van der Waals surface area contributed by atoms with Crippen LogP contribution in [0.15, 0.2) is 53.6 Å². The average molecular weight is 452 g/mol. The summed E-state index contributed by atoms with van der Waals surface area (Å²) in [6.45, 7) is 5.97. The normalized spacial score (nSPS) is 15.8. The molecule has 0 fully saturated rings. The number of carbonyl (C=O) groups is 2. The van der Waals surface area contributed by atoms with E-state index in [1.54, 1.807) is 21.3 Å². The molecular weight excluding hydrogens is 418 g/mol. The Morgan fingerprint density at radius 2 is 1.73 bits per heavy atom. The number of para-hydroxylation sites is 1. The van der Waals surface area contributed by atoms with E-state index < -0.39 is 0 Å². The molecule has 0 N–H and O–H groups in total. The Balaban J connectivity index is 1.89. The minimum atomic E-state index is -0.322. The van der Waals surface area contributed by atoms with Crippen molar-refractivity contribution < 1.29 is 19.1 Å². The summed E-state index contributed by atoms with van der Waals surface area (Å²) in [6, 6.07) is 14.9. The number of hydrogen-bond donors (Lipinski definition) is 0. The fourth-order valence-electron chi connectivity index (χ4n) is 3.83.